The third-order valence-electron chi connectivity index (χ3n) is 20.8. The Morgan fingerprint density at radius 2 is 0.615 bits per heavy atom. The third-order valence-corrected chi connectivity index (χ3v) is 20.8. The van der Waals surface area contributed by atoms with Crippen LogP contribution in [0.1, 0.15) is 44.5 Å². The van der Waals surface area contributed by atoms with Crippen LogP contribution in [-0.2, 0) is 0 Å². The van der Waals surface area contributed by atoms with Crippen LogP contribution in [0.2, 0.25) is 0 Å². The largest absolute Gasteiger partial charge is 0.311 e. The Bertz CT molecular complexity index is 5500. The van der Waals surface area contributed by atoms with Crippen molar-refractivity contribution in [2.24, 2.45) is 0 Å². The second-order valence-electron chi connectivity index (χ2n) is 26.8. The van der Waals surface area contributed by atoms with Crippen LogP contribution in [0.15, 0.2) is 291 Å². The lowest BCUT2D eigenvalue weighted by atomic mass is 9.33. The smallest absolute Gasteiger partial charge is 0.252 e. The minimum Gasteiger partial charge on any atom is -0.311 e. The molecule has 3 heterocycles. The van der Waals surface area contributed by atoms with Gasteiger partial charge >= 0.3 is 0 Å². The lowest BCUT2D eigenvalue weighted by molar-refractivity contribution is 1.17. The molecule has 0 spiro atoms. The van der Waals surface area contributed by atoms with Crippen molar-refractivity contribution in [2.75, 3.05) is 9.80 Å². The zero-order chi connectivity index (χ0) is 65.0. The van der Waals surface area contributed by atoms with E-state index < -0.39 is 0 Å². The van der Waals surface area contributed by atoms with Gasteiger partial charge in [0.05, 0.1) is 16.7 Å². The van der Waals surface area contributed by atoms with Gasteiger partial charge in [-0.15, -0.1) is 0 Å². The second-order valence-corrected chi connectivity index (χ2v) is 26.8. The van der Waals surface area contributed by atoms with Crippen molar-refractivity contribution in [3.63, 3.8) is 0 Å². The Balaban J connectivity index is 1.02. The lowest BCUT2D eigenvalue weighted by Gasteiger charge is -2.45. The zero-order valence-electron chi connectivity index (χ0n) is 55.6. The number of aromatic nitrogens is 1. The summed E-state index contributed by atoms with van der Waals surface area (Å²) in [5.41, 5.74) is 40.9. The number of benzene rings is 14. The molecule has 0 aliphatic carbocycles. The van der Waals surface area contributed by atoms with E-state index in [1.165, 1.54) is 133 Å². The highest BCUT2D eigenvalue weighted by Crippen LogP contribution is 2.53. The van der Waals surface area contributed by atoms with Crippen LogP contribution in [0.4, 0.5) is 34.1 Å². The first-order valence-electron chi connectivity index (χ1n) is 33.8. The number of nitrogens with zero attached hydrogens (tertiary/aromatic N) is 3. The number of rotatable bonds is 10. The number of fused-ring (bicyclic) bond motifs is 7. The number of para-hydroxylation sites is 1. The van der Waals surface area contributed by atoms with Gasteiger partial charge in [0.15, 0.2) is 0 Å². The van der Waals surface area contributed by atoms with Crippen LogP contribution < -0.4 is 26.2 Å². The fourth-order valence-corrected chi connectivity index (χ4v) is 16.6. The number of hydrogen-bond acceptors (Lipinski definition) is 2. The quantitative estimate of drug-likeness (QED) is 0.126. The van der Waals surface area contributed by atoms with Crippen LogP contribution in [-0.4, -0.2) is 11.3 Å². The molecule has 17 rings (SSSR count). The van der Waals surface area contributed by atoms with Crippen LogP contribution in [0.5, 0.6) is 0 Å². The highest BCUT2D eigenvalue weighted by atomic mass is 15.2. The molecule has 96 heavy (non-hydrogen) atoms. The summed E-state index contributed by atoms with van der Waals surface area (Å²) in [5, 5.41) is 2.43. The first-order valence-corrected chi connectivity index (χ1v) is 33.8. The van der Waals surface area contributed by atoms with Crippen molar-refractivity contribution in [2.45, 2.75) is 55.4 Å². The summed E-state index contributed by atoms with van der Waals surface area (Å²) in [6.45, 7) is 17.9. The summed E-state index contributed by atoms with van der Waals surface area (Å²) >= 11 is 0. The van der Waals surface area contributed by atoms with Gasteiger partial charge in [-0.3, -0.25) is 0 Å². The van der Waals surface area contributed by atoms with Crippen molar-refractivity contribution in [1.29, 1.82) is 0 Å². The van der Waals surface area contributed by atoms with Gasteiger partial charge in [0.1, 0.15) is 0 Å². The Morgan fingerprint density at radius 1 is 0.240 bits per heavy atom. The zero-order valence-corrected chi connectivity index (χ0v) is 55.6. The van der Waals surface area contributed by atoms with Crippen molar-refractivity contribution in [1.82, 2.24) is 4.57 Å². The number of hydrogen-bond donors (Lipinski definition) is 0. The Kier molecular flexibility index (Phi) is 14.1. The highest BCUT2D eigenvalue weighted by Gasteiger charge is 2.45. The molecule has 14 aromatic carbocycles. The van der Waals surface area contributed by atoms with Gasteiger partial charge < -0.3 is 14.4 Å². The van der Waals surface area contributed by atoms with Gasteiger partial charge in [-0.2, -0.15) is 0 Å². The SMILES string of the molecule is Cc1cccc(C)c1-c1cccc(N2c3cc(-c4c(C)cccc4C)ccc3B3c4ccc(-n5c6ccc(-c7ccccc7)cc6c6cc(-c7c(C)cccc7C)ccc65)cc4N(c4c(-c5ccccc5)cccc4-c4ccccc4)c4cc(-c5c(C)cccc5C)cc2c43)c1. The van der Waals surface area contributed by atoms with E-state index >= 15 is 0 Å². The maximum atomic E-state index is 2.69. The van der Waals surface area contributed by atoms with Crippen LogP contribution in [0.25, 0.3) is 105 Å². The molecule has 0 atom stereocenters. The average Bonchev–Trinajstić information content (AvgIpc) is 0.722. The molecule has 0 saturated heterocycles. The first-order chi connectivity index (χ1) is 46.9. The van der Waals surface area contributed by atoms with Crippen molar-refractivity contribution in [3.05, 3.63) is 336 Å². The minimum absolute atomic E-state index is 0.182. The fourth-order valence-electron chi connectivity index (χ4n) is 16.6. The summed E-state index contributed by atoms with van der Waals surface area (Å²) in [6, 6.07) is 110. The first kappa shape index (κ1) is 58.4. The fraction of sp³-hybridized carbons (Fsp3) is 0.0870. The molecular formula is C92H72BN3. The predicted molar refractivity (Wildman–Crippen MR) is 411 cm³/mol. The highest BCUT2D eigenvalue weighted by molar-refractivity contribution is 7.00. The summed E-state index contributed by atoms with van der Waals surface area (Å²) < 4.78 is 2.54. The van der Waals surface area contributed by atoms with Gasteiger partial charge in [-0.1, -0.05) is 224 Å². The summed E-state index contributed by atoms with van der Waals surface area (Å²) in [4.78, 5) is 5.32. The summed E-state index contributed by atoms with van der Waals surface area (Å²) in [7, 11) is 0. The maximum Gasteiger partial charge on any atom is 0.252 e. The Labute approximate surface area is 564 Å². The number of anilines is 6. The molecule has 0 N–H and O–H groups in total. The second kappa shape index (κ2) is 23.2. The topological polar surface area (TPSA) is 11.4 Å². The van der Waals surface area contributed by atoms with Crippen LogP contribution >= 0.6 is 0 Å². The predicted octanol–water partition coefficient (Wildman–Crippen LogP) is 23.0. The van der Waals surface area contributed by atoms with Crippen LogP contribution in [0, 0.1) is 55.4 Å². The molecule has 2 aliphatic heterocycles. The molecule has 0 bridgehead atoms. The molecule has 2 aliphatic rings. The molecular weight excluding hydrogens is 1160 g/mol. The van der Waals surface area contributed by atoms with E-state index in [9.17, 15) is 0 Å². The lowest BCUT2D eigenvalue weighted by Crippen LogP contribution is -2.61. The van der Waals surface area contributed by atoms with Gasteiger partial charge in [-0.25, -0.2) is 0 Å². The minimum atomic E-state index is -0.182. The van der Waals surface area contributed by atoms with Crippen molar-refractivity contribution in [3.8, 4) is 83.6 Å². The standard InChI is InChI=1S/C92H72BN3/c1-57-24-18-25-58(2)87(57)69-38-22-39-73(50-69)95-83-53-71(89-61(5)28-20-29-62(89)6)42-46-79(83)93-80-47-45-74(94-81-48-43-68(65-32-12-9-13-33-65)51-77(81)78-52-70(44-49-82(78)94)88-59(3)26-19-27-60(88)4)56-84(80)96(86-55-72(54-85(95)91(86)93)90-63(7)30-21-31-64(90)8)92-75(66-34-14-10-15-35-66)40-23-41-76(92)67-36-16-11-17-37-67/h9-56H,1-8H3. The van der Waals surface area contributed by atoms with E-state index in [1.54, 1.807) is 0 Å². The summed E-state index contributed by atoms with van der Waals surface area (Å²) in [5.74, 6) is 0. The van der Waals surface area contributed by atoms with Gasteiger partial charge in [0.2, 0.25) is 0 Å². The van der Waals surface area contributed by atoms with E-state index in [0.717, 1.165) is 67.4 Å². The molecule has 0 radical (unpaired) electrons. The molecule has 0 fully saturated rings. The third kappa shape index (κ3) is 9.49. The normalized spacial score (nSPS) is 12.3. The maximum absolute atomic E-state index is 2.69. The Hall–Kier alpha value is -11.5. The van der Waals surface area contributed by atoms with Crippen LogP contribution in [0.3, 0.4) is 0 Å². The monoisotopic (exact) mass is 1230 g/mol. The molecule has 0 saturated carbocycles. The average molecular weight is 1230 g/mol. The molecule has 3 nitrogen and oxygen atoms in total. The molecule has 458 valence electrons. The summed E-state index contributed by atoms with van der Waals surface area (Å²) in [6.07, 6.45) is 0. The molecule has 0 unspecified atom stereocenters. The number of aryl methyl sites for hydroxylation is 8. The van der Waals surface area contributed by atoms with Gasteiger partial charge in [0, 0.05) is 56.0 Å². The molecule has 1 aromatic heterocycles. The van der Waals surface area contributed by atoms with E-state index in [1.807, 2.05) is 0 Å². The van der Waals surface area contributed by atoms with E-state index in [2.05, 4.69) is 361 Å². The van der Waals surface area contributed by atoms with E-state index in [-0.39, 0.29) is 6.71 Å². The van der Waals surface area contributed by atoms with E-state index in [4.69, 9.17) is 0 Å². The van der Waals surface area contributed by atoms with Gasteiger partial charge in [-0.05, 0) is 250 Å². The van der Waals surface area contributed by atoms with E-state index in [0.29, 0.717) is 0 Å². The van der Waals surface area contributed by atoms with Crippen molar-refractivity contribution < 1.29 is 0 Å². The van der Waals surface area contributed by atoms with Crippen molar-refractivity contribution >= 4 is 79.0 Å². The van der Waals surface area contributed by atoms with Gasteiger partial charge in [0.25, 0.3) is 6.71 Å². The molecule has 0 amide bonds. The molecule has 15 aromatic rings. The molecule has 4 heteroatoms. The Morgan fingerprint density at radius 3 is 1.14 bits per heavy atom.